The van der Waals surface area contributed by atoms with Crippen molar-refractivity contribution in [2.45, 2.75) is 64.5 Å². The summed E-state index contributed by atoms with van der Waals surface area (Å²) in [6, 6.07) is 5.28. The summed E-state index contributed by atoms with van der Waals surface area (Å²) in [5.74, 6) is 0.0682. The van der Waals surface area contributed by atoms with E-state index in [0.717, 1.165) is 41.1 Å². The van der Waals surface area contributed by atoms with E-state index in [0.29, 0.717) is 11.4 Å². The molecule has 0 atom stereocenters. The number of thiazole rings is 1. The highest BCUT2D eigenvalue weighted by Crippen LogP contribution is 2.40. The molecule has 1 aromatic heterocycles. The number of carbonyl (C=O) groups is 3. The Morgan fingerprint density at radius 2 is 1.88 bits per heavy atom. The average molecular weight is 461 g/mol. The maximum Gasteiger partial charge on any atom is 0.411 e. The van der Waals surface area contributed by atoms with Gasteiger partial charge in [-0.05, 0) is 57.7 Å². The molecule has 1 fully saturated rings. The summed E-state index contributed by atoms with van der Waals surface area (Å²) in [6.07, 6.45) is 3.33. The van der Waals surface area contributed by atoms with Gasteiger partial charge in [0, 0.05) is 36.3 Å². The van der Waals surface area contributed by atoms with Crippen molar-refractivity contribution in [3.05, 3.63) is 29.4 Å². The molecule has 0 unspecified atom stereocenters. The summed E-state index contributed by atoms with van der Waals surface area (Å²) >= 11 is 1.57. The molecule has 1 heterocycles. The van der Waals surface area contributed by atoms with Crippen LogP contribution in [0.3, 0.4) is 0 Å². The standard InChI is InChI=1S/C22H28N4O5S/c1-12(2)31-22(30)26-16-8-9-17(18(10-16)24-13(3)27)19-11-23-20(32-19)14-4-6-15(7-5-14)25-21(28)29/h8-12,14-15,25H,4-7H2,1-3H3,(H,24,27)(H,26,30)(H,28,29)/t14-,15-. The number of aromatic nitrogens is 1. The molecule has 10 heteroatoms. The van der Waals surface area contributed by atoms with Gasteiger partial charge in [0.25, 0.3) is 0 Å². The molecule has 4 N–H and O–H groups in total. The van der Waals surface area contributed by atoms with E-state index in [1.807, 2.05) is 6.07 Å². The van der Waals surface area contributed by atoms with E-state index in [4.69, 9.17) is 9.84 Å². The van der Waals surface area contributed by atoms with E-state index < -0.39 is 12.2 Å². The molecule has 3 rings (SSSR count). The van der Waals surface area contributed by atoms with Crippen LogP contribution in [-0.2, 0) is 9.53 Å². The van der Waals surface area contributed by atoms with Crippen molar-refractivity contribution in [2.75, 3.05) is 10.6 Å². The van der Waals surface area contributed by atoms with Crippen LogP contribution in [0.15, 0.2) is 24.4 Å². The van der Waals surface area contributed by atoms with Crippen LogP contribution in [-0.4, -0.2) is 40.3 Å². The quantitative estimate of drug-likeness (QED) is 0.479. The third-order valence-electron chi connectivity index (χ3n) is 5.11. The minimum Gasteiger partial charge on any atom is -0.465 e. The molecule has 1 aromatic carbocycles. The smallest absolute Gasteiger partial charge is 0.411 e. The molecule has 0 bridgehead atoms. The third-order valence-corrected chi connectivity index (χ3v) is 6.31. The number of amides is 3. The minimum absolute atomic E-state index is 0.00279. The molecule has 32 heavy (non-hydrogen) atoms. The van der Waals surface area contributed by atoms with Crippen molar-refractivity contribution in [2.24, 2.45) is 0 Å². The van der Waals surface area contributed by atoms with Gasteiger partial charge in [0.05, 0.1) is 21.7 Å². The van der Waals surface area contributed by atoms with Crippen LogP contribution in [0.1, 0.15) is 57.4 Å². The second kappa shape index (κ2) is 10.4. The van der Waals surface area contributed by atoms with Gasteiger partial charge in [-0.3, -0.25) is 10.1 Å². The van der Waals surface area contributed by atoms with Crippen LogP contribution in [0.25, 0.3) is 10.4 Å². The summed E-state index contributed by atoms with van der Waals surface area (Å²) < 4.78 is 5.11. The van der Waals surface area contributed by atoms with Crippen molar-refractivity contribution in [1.29, 1.82) is 0 Å². The molecule has 0 aliphatic heterocycles. The summed E-state index contributed by atoms with van der Waals surface area (Å²) in [5, 5.41) is 17.9. The Labute approximate surface area is 190 Å². The number of benzene rings is 1. The number of ether oxygens (including phenoxy) is 1. The van der Waals surface area contributed by atoms with E-state index in [1.54, 1.807) is 43.5 Å². The number of hydrogen-bond acceptors (Lipinski definition) is 6. The zero-order valence-corrected chi connectivity index (χ0v) is 19.1. The summed E-state index contributed by atoms with van der Waals surface area (Å²) in [6.45, 7) is 4.96. The highest BCUT2D eigenvalue weighted by molar-refractivity contribution is 7.15. The topological polar surface area (TPSA) is 130 Å². The van der Waals surface area contributed by atoms with Crippen molar-refractivity contribution >= 4 is 40.8 Å². The molecular weight excluding hydrogens is 432 g/mol. The number of nitrogens with zero attached hydrogens (tertiary/aromatic N) is 1. The number of nitrogens with one attached hydrogen (secondary N) is 3. The fourth-order valence-corrected chi connectivity index (χ4v) is 4.88. The Balaban J connectivity index is 1.76. The lowest BCUT2D eigenvalue weighted by atomic mass is 9.86. The lowest BCUT2D eigenvalue weighted by Gasteiger charge is -2.27. The van der Waals surface area contributed by atoms with E-state index in [-0.39, 0.29) is 24.0 Å². The first-order valence-electron chi connectivity index (χ1n) is 10.6. The van der Waals surface area contributed by atoms with Crippen LogP contribution in [0.5, 0.6) is 0 Å². The van der Waals surface area contributed by atoms with Gasteiger partial charge in [0.1, 0.15) is 0 Å². The van der Waals surface area contributed by atoms with E-state index >= 15 is 0 Å². The van der Waals surface area contributed by atoms with Crippen molar-refractivity contribution in [1.82, 2.24) is 10.3 Å². The Kier molecular flexibility index (Phi) is 7.68. The molecule has 3 amide bonds. The van der Waals surface area contributed by atoms with E-state index in [1.165, 1.54) is 6.92 Å². The maximum absolute atomic E-state index is 11.9. The summed E-state index contributed by atoms with van der Waals surface area (Å²) in [5.41, 5.74) is 1.90. The molecule has 1 aliphatic rings. The molecule has 9 nitrogen and oxygen atoms in total. The number of hydrogen-bond donors (Lipinski definition) is 4. The molecular formula is C22H28N4O5S. The maximum atomic E-state index is 11.9. The SMILES string of the molecule is CC(=O)Nc1cc(NC(=O)OC(C)C)ccc1-c1cnc([C@H]2CC[C@H](NC(=O)O)CC2)s1. The van der Waals surface area contributed by atoms with Crippen LogP contribution < -0.4 is 16.0 Å². The lowest BCUT2D eigenvalue weighted by molar-refractivity contribution is -0.114. The highest BCUT2D eigenvalue weighted by Gasteiger charge is 2.26. The van der Waals surface area contributed by atoms with Gasteiger partial charge in [0.2, 0.25) is 5.91 Å². The number of carboxylic acid groups (broad SMARTS) is 1. The molecule has 1 aliphatic carbocycles. The minimum atomic E-state index is -0.981. The fourth-order valence-electron chi connectivity index (χ4n) is 3.75. The largest absolute Gasteiger partial charge is 0.465 e. The van der Waals surface area contributed by atoms with Gasteiger partial charge >= 0.3 is 12.2 Å². The molecule has 0 radical (unpaired) electrons. The van der Waals surface area contributed by atoms with Crippen molar-refractivity contribution in [3.8, 4) is 10.4 Å². The molecule has 2 aromatic rings. The number of rotatable bonds is 6. The van der Waals surface area contributed by atoms with Crippen molar-refractivity contribution < 1.29 is 24.2 Å². The Morgan fingerprint density at radius 3 is 2.50 bits per heavy atom. The number of anilines is 2. The lowest BCUT2D eigenvalue weighted by Crippen LogP contribution is -2.36. The molecule has 0 saturated heterocycles. The van der Waals surface area contributed by atoms with Crippen LogP contribution >= 0.6 is 11.3 Å². The summed E-state index contributed by atoms with van der Waals surface area (Å²) in [4.78, 5) is 40.0. The van der Waals surface area contributed by atoms with Gasteiger partial charge in [-0.15, -0.1) is 11.3 Å². The van der Waals surface area contributed by atoms with Crippen LogP contribution in [0.4, 0.5) is 21.0 Å². The van der Waals surface area contributed by atoms with Gasteiger partial charge in [-0.1, -0.05) is 0 Å². The van der Waals surface area contributed by atoms with Gasteiger partial charge in [-0.2, -0.15) is 0 Å². The van der Waals surface area contributed by atoms with Crippen LogP contribution in [0, 0.1) is 0 Å². The Morgan fingerprint density at radius 1 is 1.16 bits per heavy atom. The Hall–Kier alpha value is -3.14. The second-order valence-electron chi connectivity index (χ2n) is 8.08. The third kappa shape index (κ3) is 6.43. The summed E-state index contributed by atoms with van der Waals surface area (Å²) in [7, 11) is 0. The van der Waals surface area contributed by atoms with Crippen LogP contribution in [0.2, 0.25) is 0 Å². The molecule has 0 spiro atoms. The van der Waals surface area contributed by atoms with Gasteiger partial charge in [-0.25, -0.2) is 14.6 Å². The monoisotopic (exact) mass is 460 g/mol. The number of carbonyl (C=O) groups excluding carboxylic acids is 2. The Bertz CT molecular complexity index is 982. The van der Waals surface area contributed by atoms with E-state index in [9.17, 15) is 14.4 Å². The first-order valence-corrected chi connectivity index (χ1v) is 11.4. The first-order chi connectivity index (χ1) is 15.2. The predicted molar refractivity (Wildman–Crippen MR) is 123 cm³/mol. The van der Waals surface area contributed by atoms with Gasteiger partial charge in [0.15, 0.2) is 0 Å². The highest BCUT2D eigenvalue weighted by atomic mass is 32.1. The zero-order valence-electron chi connectivity index (χ0n) is 18.3. The average Bonchev–Trinajstić information content (AvgIpc) is 3.17. The molecule has 172 valence electrons. The normalized spacial score (nSPS) is 18.1. The van der Waals surface area contributed by atoms with Gasteiger partial charge < -0.3 is 20.5 Å². The predicted octanol–water partition coefficient (Wildman–Crippen LogP) is 5.02. The molecule has 1 saturated carbocycles. The van der Waals surface area contributed by atoms with E-state index in [2.05, 4.69) is 20.9 Å². The first kappa shape index (κ1) is 23.5. The van der Waals surface area contributed by atoms with Crippen molar-refractivity contribution in [3.63, 3.8) is 0 Å². The zero-order chi connectivity index (χ0) is 23.3. The second-order valence-corrected chi connectivity index (χ2v) is 9.14. The fraction of sp³-hybridized carbons (Fsp3) is 0.455.